The summed E-state index contributed by atoms with van der Waals surface area (Å²) in [6, 6.07) is 11.4. The average molecular weight is 421 g/mol. The normalized spacial score (nSPS) is 13.7. The maximum absolute atomic E-state index is 12.2. The van der Waals surface area contributed by atoms with Gasteiger partial charge < -0.3 is 19.6 Å². The van der Waals surface area contributed by atoms with Crippen LogP contribution in [0.3, 0.4) is 0 Å². The van der Waals surface area contributed by atoms with Gasteiger partial charge in [0.05, 0.1) is 18.9 Å². The third-order valence-corrected chi connectivity index (χ3v) is 5.21. The fraction of sp³-hybridized carbons (Fsp3) is 0.333. The second kappa shape index (κ2) is 8.81. The monoisotopic (exact) mass is 421 g/mol. The van der Waals surface area contributed by atoms with Crippen LogP contribution in [0.25, 0.3) is 11.3 Å². The Morgan fingerprint density at radius 3 is 2.81 bits per heavy atom. The third-order valence-electron chi connectivity index (χ3n) is 5.21. The highest BCUT2D eigenvalue weighted by atomic mass is 16.5. The van der Waals surface area contributed by atoms with Gasteiger partial charge in [-0.05, 0) is 49.6 Å². The number of nitrogens with one attached hydrogen (secondary N) is 1. The fourth-order valence-electron chi connectivity index (χ4n) is 3.64. The number of aliphatic hydroxyl groups is 1. The fourth-order valence-corrected chi connectivity index (χ4v) is 3.64. The quantitative estimate of drug-likeness (QED) is 0.601. The molecule has 1 saturated heterocycles. The predicted octanol–water partition coefficient (Wildman–Crippen LogP) is 4.05. The number of ether oxygens (including phenoxy) is 1. The van der Waals surface area contributed by atoms with Gasteiger partial charge in [-0.2, -0.15) is 0 Å². The predicted molar refractivity (Wildman–Crippen MR) is 118 cm³/mol. The molecule has 1 fully saturated rings. The second-order valence-electron chi connectivity index (χ2n) is 7.98. The second-order valence-corrected chi connectivity index (χ2v) is 7.98. The molecule has 1 aliphatic heterocycles. The van der Waals surface area contributed by atoms with E-state index in [4.69, 9.17) is 9.15 Å². The Morgan fingerprint density at radius 2 is 2.10 bits per heavy atom. The molecule has 3 aromatic rings. The van der Waals surface area contributed by atoms with Crippen molar-refractivity contribution in [2.75, 3.05) is 18.0 Å². The first-order valence-electron chi connectivity index (χ1n) is 10.4. The van der Waals surface area contributed by atoms with Gasteiger partial charge in [-0.25, -0.2) is 9.78 Å². The van der Waals surface area contributed by atoms with E-state index in [1.165, 1.54) is 0 Å². The summed E-state index contributed by atoms with van der Waals surface area (Å²) in [6.45, 7) is 7.17. The SMILES string of the molecule is Cc1ccc(CO)cc1Cc1ncc(-c2cc(OC(C)C)cc(N3CCNC3=O)c2)o1. The molecule has 0 spiro atoms. The molecule has 4 rings (SSSR count). The minimum atomic E-state index is -0.120. The van der Waals surface area contributed by atoms with E-state index in [-0.39, 0.29) is 18.7 Å². The van der Waals surface area contributed by atoms with Gasteiger partial charge in [-0.1, -0.05) is 18.2 Å². The maximum atomic E-state index is 12.2. The van der Waals surface area contributed by atoms with Crippen LogP contribution in [0, 0.1) is 6.92 Å². The number of oxazole rings is 1. The Balaban J connectivity index is 1.65. The van der Waals surface area contributed by atoms with Gasteiger partial charge in [-0.15, -0.1) is 0 Å². The molecule has 0 saturated carbocycles. The molecule has 7 nitrogen and oxygen atoms in total. The molecule has 2 amide bonds. The Hall–Kier alpha value is -3.32. The van der Waals surface area contributed by atoms with Crippen LogP contribution >= 0.6 is 0 Å². The lowest BCUT2D eigenvalue weighted by Gasteiger charge is -2.18. The largest absolute Gasteiger partial charge is 0.491 e. The summed E-state index contributed by atoms with van der Waals surface area (Å²) in [7, 11) is 0. The van der Waals surface area contributed by atoms with Crippen molar-refractivity contribution in [2.45, 2.75) is 39.9 Å². The van der Waals surface area contributed by atoms with Crippen molar-refractivity contribution in [1.82, 2.24) is 10.3 Å². The number of rotatable bonds is 7. The van der Waals surface area contributed by atoms with Crippen molar-refractivity contribution in [2.24, 2.45) is 0 Å². The van der Waals surface area contributed by atoms with Crippen molar-refractivity contribution < 1.29 is 19.1 Å². The molecule has 2 heterocycles. The number of carbonyl (C=O) groups is 1. The standard InChI is InChI=1S/C24H27N3O4/c1-15(2)30-21-10-19(9-20(12-21)27-7-6-25-24(27)29)22-13-26-23(31-22)11-18-8-17(14-28)5-4-16(18)3/h4-5,8-10,12-13,15,28H,6-7,11,14H2,1-3H3,(H,25,29). The van der Waals surface area contributed by atoms with Gasteiger partial charge in [0.1, 0.15) is 5.75 Å². The van der Waals surface area contributed by atoms with E-state index >= 15 is 0 Å². The molecule has 0 bridgehead atoms. The number of benzene rings is 2. The van der Waals surface area contributed by atoms with Crippen LogP contribution in [-0.2, 0) is 13.0 Å². The van der Waals surface area contributed by atoms with E-state index in [2.05, 4.69) is 10.3 Å². The van der Waals surface area contributed by atoms with E-state index in [0.29, 0.717) is 36.9 Å². The molecule has 31 heavy (non-hydrogen) atoms. The Kier molecular flexibility index (Phi) is 5.95. The number of hydrogen-bond donors (Lipinski definition) is 2. The molecule has 0 radical (unpaired) electrons. The Morgan fingerprint density at radius 1 is 1.26 bits per heavy atom. The summed E-state index contributed by atoms with van der Waals surface area (Å²) in [5.74, 6) is 1.87. The zero-order valence-corrected chi connectivity index (χ0v) is 18.0. The molecule has 2 aromatic carbocycles. The number of aryl methyl sites for hydroxylation is 1. The molecule has 0 atom stereocenters. The van der Waals surface area contributed by atoms with E-state index in [1.807, 2.05) is 57.2 Å². The van der Waals surface area contributed by atoms with Gasteiger partial charge in [0.25, 0.3) is 0 Å². The van der Waals surface area contributed by atoms with Crippen LogP contribution in [0.15, 0.2) is 47.0 Å². The molecule has 1 aromatic heterocycles. The van der Waals surface area contributed by atoms with Crippen LogP contribution in [0.2, 0.25) is 0 Å². The highest BCUT2D eigenvalue weighted by molar-refractivity contribution is 5.95. The third kappa shape index (κ3) is 4.72. The van der Waals surface area contributed by atoms with Gasteiger partial charge in [0, 0.05) is 36.8 Å². The maximum Gasteiger partial charge on any atom is 0.321 e. The molecule has 162 valence electrons. The summed E-state index contributed by atoms with van der Waals surface area (Å²) < 4.78 is 12.0. The number of nitrogens with zero attached hydrogens (tertiary/aromatic N) is 2. The summed E-state index contributed by atoms with van der Waals surface area (Å²) in [6.07, 6.45) is 2.23. The van der Waals surface area contributed by atoms with E-state index in [1.54, 1.807) is 11.1 Å². The van der Waals surface area contributed by atoms with Crippen LogP contribution in [-0.4, -0.2) is 35.3 Å². The van der Waals surface area contributed by atoms with E-state index in [0.717, 1.165) is 27.9 Å². The van der Waals surface area contributed by atoms with E-state index < -0.39 is 0 Å². The lowest BCUT2D eigenvalue weighted by atomic mass is 10.0. The van der Waals surface area contributed by atoms with Gasteiger partial charge in [-0.3, -0.25) is 4.90 Å². The smallest absolute Gasteiger partial charge is 0.321 e. The first kappa shape index (κ1) is 20.9. The summed E-state index contributed by atoms with van der Waals surface area (Å²) >= 11 is 0. The highest BCUT2D eigenvalue weighted by Gasteiger charge is 2.23. The molecule has 0 aliphatic carbocycles. The summed E-state index contributed by atoms with van der Waals surface area (Å²) in [4.78, 5) is 18.3. The van der Waals surface area contributed by atoms with Gasteiger partial charge >= 0.3 is 6.03 Å². The minimum Gasteiger partial charge on any atom is -0.491 e. The molecule has 2 N–H and O–H groups in total. The van der Waals surface area contributed by atoms with Crippen molar-refractivity contribution >= 4 is 11.7 Å². The summed E-state index contributed by atoms with van der Waals surface area (Å²) in [5, 5.41) is 12.2. The van der Waals surface area contributed by atoms with Crippen molar-refractivity contribution in [3.05, 3.63) is 65.2 Å². The summed E-state index contributed by atoms with van der Waals surface area (Å²) in [5.41, 5.74) is 4.59. The zero-order valence-electron chi connectivity index (χ0n) is 18.0. The minimum absolute atomic E-state index is 0.000386. The van der Waals surface area contributed by atoms with Crippen LogP contribution in [0.1, 0.15) is 36.4 Å². The number of hydrogen-bond acceptors (Lipinski definition) is 5. The van der Waals surface area contributed by atoms with Gasteiger partial charge in [0.2, 0.25) is 0 Å². The van der Waals surface area contributed by atoms with Crippen molar-refractivity contribution in [3.63, 3.8) is 0 Å². The number of aromatic nitrogens is 1. The first-order chi connectivity index (χ1) is 14.9. The van der Waals surface area contributed by atoms with Crippen LogP contribution < -0.4 is 15.0 Å². The number of amides is 2. The highest BCUT2D eigenvalue weighted by Crippen LogP contribution is 2.32. The van der Waals surface area contributed by atoms with Gasteiger partial charge in [0.15, 0.2) is 11.7 Å². The van der Waals surface area contributed by atoms with Crippen molar-refractivity contribution in [3.8, 4) is 17.1 Å². The average Bonchev–Trinajstić information content (AvgIpc) is 3.38. The first-order valence-corrected chi connectivity index (χ1v) is 10.4. The molecule has 7 heteroatoms. The Bertz CT molecular complexity index is 1090. The number of carbonyl (C=O) groups excluding carboxylic acids is 1. The van der Waals surface area contributed by atoms with Crippen molar-refractivity contribution in [1.29, 1.82) is 0 Å². The number of urea groups is 1. The van der Waals surface area contributed by atoms with E-state index in [9.17, 15) is 9.90 Å². The Labute approximate surface area is 181 Å². The number of aliphatic hydroxyl groups excluding tert-OH is 1. The lowest BCUT2D eigenvalue weighted by Crippen LogP contribution is -2.27. The van der Waals surface area contributed by atoms with Crippen LogP contribution in [0.4, 0.5) is 10.5 Å². The molecular weight excluding hydrogens is 394 g/mol. The number of anilines is 1. The van der Waals surface area contributed by atoms with Crippen LogP contribution in [0.5, 0.6) is 5.75 Å². The lowest BCUT2D eigenvalue weighted by molar-refractivity contribution is 0.242. The molecular formula is C24H27N3O4. The molecule has 1 aliphatic rings. The topological polar surface area (TPSA) is 87.8 Å². The molecule has 0 unspecified atom stereocenters. The zero-order chi connectivity index (χ0) is 22.0.